The summed E-state index contributed by atoms with van der Waals surface area (Å²) in [4.78, 5) is 3.99. The summed E-state index contributed by atoms with van der Waals surface area (Å²) in [6.07, 6.45) is 1.75. The fourth-order valence-corrected chi connectivity index (χ4v) is 2.29. The largest absolute Gasteiger partial charge is 0.422 e. The predicted molar refractivity (Wildman–Crippen MR) is 79.1 cm³/mol. The van der Waals surface area contributed by atoms with E-state index in [2.05, 4.69) is 15.2 Å². The molecule has 2 aromatic heterocycles. The van der Waals surface area contributed by atoms with Crippen molar-refractivity contribution in [3.63, 3.8) is 0 Å². The van der Waals surface area contributed by atoms with Gasteiger partial charge in [0.15, 0.2) is 0 Å². The summed E-state index contributed by atoms with van der Waals surface area (Å²) in [6.45, 7) is 2.73. The van der Waals surface area contributed by atoms with E-state index in [9.17, 15) is 4.39 Å². The SMILES string of the molecule is CCOCc1nnc(Cc2cc(F)c3ncc(Cl)cc3c2)o1. The Morgan fingerprint density at radius 2 is 2.05 bits per heavy atom. The minimum atomic E-state index is -0.404. The molecule has 0 amide bonds. The van der Waals surface area contributed by atoms with Crippen LogP contribution in [0.3, 0.4) is 0 Å². The summed E-state index contributed by atoms with van der Waals surface area (Å²) in [7, 11) is 0. The van der Waals surface area contributed by atoms with E-state index in [1.54, 1.807) is 6.07 Å². The second kappa shape index (κ2) is 6.37. The third kappa shape index (κ3) is 3.23. The Kier molecular flexibility index (Phi) is 4.31. The Morgan fingerprint density at radius 3 is 2.86 bits per heavy atom. The number of hydrogen-bond acceptors (Lipinski definition) is 5. The highest BCUT2D eigenvalue weighted by molar-refractivity contribution is 6.31. The van der Waals surface area contributed by atoms with E-state index in [-0.39, 0.29) is 12.1 Å². The van der Waals surface area contributed by atoms with Gasteiger partial charge in [-0.1, -0.05) is 11.6 Å². The number of fused-ring (bicyclic) bond motifs is 1. The first-order valence-electron chi connectivity index (χ1n) is 6.78. The van der Waals surface area contributed by atoms with Crippen LogP contribution < -0.4 is 0 Å². The molecule has 0 N–H and O–H groups in total. The maximum absolute atomic E-state index is 14.1. The second-order valence-electron chi connectivity index (χ2n) is 4.71. The summed E-state index contributed by atoms with van der Waals surface area (Å²) in [5.41, 5.74) is 0.997. The predicted octanol–water partition coefficient (Wildman–Crippen LogP) is 3.54. The molecule has 0 fully saturated rings. The van der Waals surface area contributed by atoms with E-state index in [0.717, 1.165) is 0 Å². The molecule has 0 aliphatic carbocycles. The van der Waals surface area contributed by atoms with Crippen LogP contribution >= 0.6 is 11.6 Å². The van der Waals surface area contributed by atoms with Crippen molar-refractivity contribution >= 4 is 22.5 Å². The number of aromatic nitrogens is 3. The zero-order chi connectivity index (χ0) is 15.5. The first kappa shape index (κ1) is 14.9. The zero-order valence-electron chi connectivity index (χ0n) is 11.8. The summed E-state index contributed by atoms with van der Waals surface area (Å²) in [6, 6.07) is 4.89. The van der Waals surface area contributed by atoms with Crippen LogP contribution in [0.25, 0.3) is 10.9 Å². The van der Waals surface area contributed by atoms with Crippen LogP contribution in [0, 0.1) is 5.82 Å². The highest BCUT2D eigenvalue weighted by Crippen LogP contribution is 2.22. The van der Waals surface area contributed by atoms with Crippen molar-refractivity contribution in [1.29, 1.82) is 0 Å². The molecule has 3 aromatic rings. The monoisotopic (exact) mass is 321 g/mol. The molecule has 22 heavy (non-hydrogen) atoms. The van der Waals surface area contributed by atoms with Gasteiger partial charge in [-0.15, -0.1) is 10.2 Å². The van der Waals surface area contributed by atoms with E-state index in [4.69, 9.17) is 20.8 Å². The van der Waals surface area contributed by atoms with Crippen molar-refractivity contribution in [1.82, 2.24) is 15.2 Å². The molecule has 0 spiro atoms. The van der Waals surface area contributed by atoms with Gasteiger partial charge in [-0.25, -0.2) is 4.39 Å². The van der Waals surface area contributed by atoms with Gasteiger partial charge in [0.2, 0.25) is 11.8 Å². The molecule has 0 aliphatic heterocycles. The standard InChI is InChI=1S/C15H13ClFN3O2/c1-2-21-8-14-20-19-13(22-14)5-9-3-10-6-11(16)7-18-15(10)12(17)4-9/h3-4,6-7H,2,5,8H2,1H3. The molecule has 1 aromatic carbocycles. The van der Waals surface area contributed by atoms with Gasteiger partial charge in [-0.05, 0) is 30.7 Å². The van der Waals surface area contributed by atoms with Gasteiger partial charge >= 0.3 is 0 Å². The average Bonchev–Trinajstić information content (AvgIpc) is 2.92. The molecule has 0 saturated heterocycles. The highest BCUT2D eigenvalue weighted by Gasteiger charge is 2.10. The van der Waals surface area contributed by atoms with Crippen LogP contribution in [0.2, 0.25) is 5.02 Å². The van der Waals surface area contributed by atoms with Crippen molar-refractivity contribution in [2.45, 2.75) is 20.0 Å². The van der Waals surface area contributed by atoms with Gasteiger partial charge < -0.3 is 9.15 Å². The Balaban J connectivity index is 1.85. The smallest absolute Gasteiger partial charge is 0.242 e. The van der Waals surface area contributed by atoms with Crippen LogP contribution in [0.5, 0.6) is 0 Å². The van der Waals surface area contributed by atoms with Crippen LogP contribution in [0.1, 0.15) is 24.3 Å². The molecule has 0 aliphatic rings. The molecule has 0 atom stereocenters. The lowest BCUT2D eigenvalue weighted by molar-refractivity contribution is 0.113. The Hall–Kier alpha value is -2.05. The lowest BCUT2D eigenvalue weighted by Crippen LogP contribution is -1.93. The number of rotatable bonds is 5. The normalized spacial score (nSPS) is 11.2. The summed E-state index contributed by atoms with van der Waals surface area (Å²) >= 11 is 5.90. The van der Waals surface area contributed by atoms with Crippen LogP contribution in [0.4, 0.5) is 4.39 Å². The van der Waals surface area contributed by atoms with Gasteiger partial charge in [0.25, 0.3) is 0 Å². The number of halogens is 2. The summed E-state index contributed by atoms with van der Waals surface area (Å²) in [5, 5.41) is 8.91. The molecule has 3 rings (SSSR count). The molecule has 0 radical (unpaired) electrons. The van der Waals surface area contributed by atoms with E-state index < -0.39 is 5.82 Å². The van der Waals surface area contributed by atoms with Crippen molar-refractivity contribution in [3.05, 3.63) is 52.6 Å². The van der Waals surface area contributed by atoms with E-state index in [1.807, 2.05) is 13.0 Å². The third-order valence-corrected chi connectivity index (χ3v) is 3.26. The van der Waals surface area contributed by atoms with Crippen molar-refractivity contribution in [2.75, 3.05) is 6.61 Å². The molecule has 2 heterocycles. The number of benzene rings is 1. The van der Waals surface area contributed by atoms with Crippen LogP contribution in [0.15, 0.2) is 28.8 Å². The molecule has 114 valence electrons. The van der Waals surface area contributed by atoms with E-state index in [1.165, 1.54) is 12.3 Å². The van der Waals surface area contributed by atoms with Crippen LogP contribution in [-0.4, -0.2) is 21.8 Å². The fourth-order valence-electron chi connectivity index (χ4n) is 2.12. The number of hydrogen-bond donors (Lipinski definition) is 0. The molecule has 0 bridgehead atoms. The van der Waals surface area contributed by atoms with Gasteiger partial charge in [0.1, 0.15) is 17.9 Å². The molecule has 5 nitrogen and oxygen atoms in total. The zero-order valence-corrected chi connectivity index (χ0v) is 12.6. The van der Waals surface area contributed by atoms with Crippen molar-refractivity contribution < 1.29 is 13.5 Å². The Bertz CT molecular complexity index is 807. The second-order valence-corrected chi connectivity index (χ2v) is 5.14. The Morgan fingerprint density at radius 1 is 1.23 bits per heavy atom. The lowest BCUT2D eigenvalue weighted by Gasteiger charge is -2.03. The minimum Gasteiger partial charge on any atom is -0.422 e. The molecular weight excluding hydrogens is 309 g/mol. The topological polar surface area (TPSA) is 61.0 Å². The van der Waals surface area contributed by atoms with Gasteiger partial charge in [0, 0.05) is 18.2 Å². The van der Waals surface area contributed by atoms with E-state index >= 15 is 0 Å². The minimum absolute atomic E-state index is 0.273. The summed E-state index contributed by atoms with van der Waals surface area (Å²) < 4.78 is 24.7. The lowest BCUT2D eigenvalue weighted by atomic mass is 10.1. The van der Waals surface area contributed by atoms with Crippen molar-refractivity contribution in [3.8, 4) is 0 Å². The van der Waals surface area contributed by atoms with Gasteiger partial charge in [-0.2, -0.15) is 0 Å². The number of nitrogens with zero attached hydrogens (tertiary/aromatic N) is 3. The maximum Gasteiger partial charge on any atom is 0.242 e. The van der Waals surface area contributed by atoms with E-state index in [0.29, 0.717) is 40.8 Å². The molecule has 0 unspecified atom stereocenters. The average molecular weight is 322 g/mol. The van der Waals surface area contributed by atoms with Gasteiger partial charge in [0.05, 0.1) is 11.4 Å². The third-order valence-electron chi connectivity index (χ3n) is 3.06. The molecule has 0 saturated carbocycles. The number of pyridine rings is 1. The maximum atomic E-state index is 14.1. The number of ether oxygens (including phenoxy) is 1. The Labute approximate surface area is 131 Å². The molecule has 7 heteroatoms. The first-order valence-corrected chi connectivity index (χ1v) is 7.16. The summed E-state index contributed by atoms with van der Waals surface area (Å²) in [5.74, 6) is 0.407. The fraction of sp³-hybridized carbons (Fsp3) is 0.267. The highest BCUT2D eigenvalue weighted by atomic mass is 35.5. The van der Waals surface area contributed by atoms with Crippen molar-refractivity contribution in [2.24, 2.45) is 0 Å². The first-order chi connectivity index (χ1) is 10.7. The quantitative estimate of drug-likeness (QED) is 0.719. The van der Waals surface area contributed by atoms with Crippen LogP contribution in [-0.2, 0) is 17.8 Å². The van der Waals surface area contributed by atoms with Gasteiger partial charge in [-0.3, -0.25) is 4.98 Å². The molecular formula is C15H13ClFN3O2.